The summed E-state index contributed by atoms with van der Waals surface area (Å²) in [6.07, 6.45) is 0. The smallest absolute Gasteiger partial charge is 0 e. The van der Waals surface area contributed by atoms with Crippen molar-refractivity contribution in [2.45, 2.75) is 0 Å². The van der Waals surface area contributed by atoms with Crippen molar-refractivity contribution in [2.24, 2.45) is 0 Å². The zero-order chi connectivity index (χ0) is 0. The molecule has 4 heavy (non-hydrogen) atoms. The van der Waals surface area contributed by atoms with Gasteiger partial charge >= 0.3 is 26.2 Å². The third-order valence-corrected chi connectivity index (χ3v) is 0. The normalized spacial score (nSPS) is 0. The molecular weight excluding hydrogens is 329 g/mol. The Bertz CT molecular complexity index is 8.00. The maximum atomic E-state index is 0. The standard InChI is InChI=1S/Al.Bi.H3Si.Zn.6H/h;;1H3;;;;;;;. The van der Waals surface area contributed by atoms with Crippen LogP contribution in [0.3, 0.4) is 0 Å². The Morgan fingerprint density at radius 2 is 1.00 bits per heavy atom. The summed E-state index contributed by atoms with van der Waals surface area (Å²) in [7, 11) is 0. The Kier molecular flexibility index (Phi) is 159. The third-order valence-electron chi connectivity index (χ3n) is 0. The van der Waals surface area contributed by atoms with Crippen LogP contribution in [0.4, 0.5) is 0 Å². The molecule has 0 spiro atoms. The van der Waals surface area contributed by atoms with E-state index in [2.05, 4.69) is 0 Å². The van der Waals surface area contributed by atoms with Crippen molar-refractivity contribution in [1.82, 2.24) is 0 Å². The van der Waals surface area contributed by atoms with Gasteiger partial charge in [-0.3, -0.25) is 0 Å². The second-order valence-corrected chi connectivity index (χ2v) is 0. The summed E-state index contributed by atoms with van der Waals surface area (Å²) in [5, 5.41) is 0. The van der Waals surface area contributed by atoms with Gasteiger partial charge in [0.05, 0.1) is 0 Å². The molecule has 0 unspecified atom stereocenters. The predicted octanol–water partition coefficient (Wildman–Crippen LogP) is -3.55. The zero-order valence-electron chi connectivity index (χ0n) is 2.41. The van der Waals surface area contributed by atoms with E-state index in [-0.39, 0.29) is 74.0 Å². The van der Waals surface area contributed by atoms with Crippen LogP contribution >= 0.6 is 0 Å². The van der Waals surface area contributed by atoms with Crippen molar-refractivity contribution in [3.8, 4) is 0 Å². The summed E-state index contributed by atoms with van der Waals surface area (Å²) in [5.74, 6) is 0. The Balaban J connectivity index is 0. The molecule has 0 aliphatic rings. The molecule has 0 nitrogen and oxygen atoms in total. The Morgan fingerprint density at radius 1 is 1.00 bits per heavy atom. The molecule has 0 aromatic heterocycles. The number of hydrogen-bond acceptors (Lipinski definition) is 0. The summed E-state index contributed by atoms with van der Waals surface area (Å²) in [5.41, 5.74) is 0. The molecule has 23 valence electrons. The second-order valence-electron chi connectivity index (χ2n) is 0. The fraction of sp³-hybridized carbons (Fsp3) is 0. The molecule has 0 amide bonds. The molecule has 0 aliphatic heterocycles. The minimum absolute atomic E-state index is 0. The Morgan fingerprint density at radius 3 is 1.00 bits per heavy atom. The first-order chi connectivity index (χ1) is 0. The van der Waals surface area contributed by atoms with Gasteiger partial charge in [-0.05, 0) is 11.0 Å². The fourth-order valence-electron chi connectivity index (χ4n) is 0. The molecule has 0 heterocycles. The number of rotatable bonds is 0. The van der Waals surface area contributed by atoms with E-state index < -0.39 is 0 Å². The van der Waals surface area contributed by atoms with Crippen molar-refractivity contribution in [2.75, 3.05) is 0 Å². The average Bonchev–Trinajstić information content (AvgIpc) is 0. The van der Waals surface area contributed by atoms with Crippen molar-refractivity contribution in [1.29, 1.82) is 0 Å². The van der Waals surface area contributed by atoms with Gasteiger partial charge in [0.1, 0.15) is 0 Å². The summed E-state index contributed by atoms with van der Waals surface area (Å²) in [6.45, 7) is 0. The molecule has 0 aromatic carbocycles. The molecule has 4 heteroatoms. The summed E-state index contributed by atoms with van der Waals surface area (Å²) in [4.78, 5) is 0. The largest absolute Gasteiger partial charge is 0.0125 e. The minimum Gasteiger partial charge on any atom is -0.0125 e. The minimum atomic E-state index is 0. The van der Waals surface area contributed by atoms with Crippen molar-refractivity contribution >= 4 is 54.5 Å². The van der Waals surface area contributed by atoms with Crippen LogP contribution in [-0.2, 0) is 19.5 Å². The molecule has 1 radical (unpaired) electrons. The molecule has 0 saturated carbocycles. The van der Waals surface area contributed by atoms with Gasteiger partial charge in [-0.1, -0.05) is 0 Å². The number of hydrogen-bond donors (Lipinski definition) is 0. The molecule has 0 bridgehead atoms. The van der Waals surface area contributed by atoms with E-state index in [0.29, 0.717) is 0 Å². The van der Waals surface area contributed by atoms with Crippen LogP contribution in [0.25, 0.3) is 0 Å². The average molecular weight is 339 g/mol. The molecular formula is H9AlBiSiZn. The van der Waals surface area contributed by atoms with Gasteiger partial charge in [0, 0.05) is 19.5 Å². The van der Waals surface area contributed by atoms with E-state index in [4.69, 9.17) is 0 Å². The molecule has 0 N–H and O–H groups in total. The van der Waals surface area contributed by atoms with E-state index in [9.17, 15) is 0 Å². The van der Waals surface area contributed by atoms with Gasteiger partial charge in [-0.2, -0.15) is 0 Å². The molecule has 0 atom stereocenters. The van der Waals surface area contributed by atoms with Crippen molar-refractivity contribution in [3.05, 3.63) is 0 Å². The van der Waals surface area contributed by atoms with E-state index in [0.717, 1.165) is 0 Å². The van der Waals surface area contributed by atoms with Crippen LogP contribution in [0.2, 0.25) is 0 Å². The van der Waals surface area contributed by atoms with Crippen LogP contribution in [0.1, 0.15) is 0 Å². The zero-order valence-corrected chi connectivity index (χ0v) is 12.9. The first-order valence-electron chi connectivity index (χ1n) is 0. The van der Waals surface area contributed by atoms with E-state index in [1.807, 2.05) is 0 Å². The third kappa shape index (κ3) is 8.87. The predicted molar refractivity (Wildman–Crippen MR) is 29.8 cm³/mol. The van der Waals surface area contributed by atoms with Crippen molar-refractivity contribution in [3.63, 3.8) is 0 Å². The van der Waals surface area contributed by atoms with E-state index in [1.165, 1.54) is 0 Å². The molecule has 0 aromatic rings. The van der Waals surface area contributed by atoms with Crippen molar-refractivity contribution < 1.29 is 19.5 Å². The van der Waals surface area contributed by atoms with Gasteiger partial charge in [-0.15, -0.1) is 0 Å². The Labute approximate surface area is 73.1 Å². The van der Waals surface area contributed by atoms with Gasteiger partial charge in [-0.25, -0.2) is 0 Å². The van der Waals surface area contributed by atoms with E-state index >= 15 is 0 Å². The first-order valence-corrected chi connectivity index (χ1v) is 0. The Hall–Kier alpha value is 2.26. The maximum Gasteiger partial charge on any atom is 0 e. The molecule has 0 fully saturated rings. The molecule has 0 rings (SSSR count). The van der Waals surface area contributed by atoms with Crippen LogP contribution in [0.15, 0.2) is 0 Å². The SMILES string of the molecule is [AlH3].[BiH3].[SiH3].[Zn]. The maximum absolute atomic E-state index is 0. The van der Waals surface area contributed by atoms with Crippen LogP contribution in [-0.4, -0.2) is 54.5 Å². The van der Waals surface area contributed by atoms with E-state index in [1.54, 1.807) is 0 Å². The first kappa shape index (κ1) is 34.0. The molecule has 0 saturated heterocycles. The van der Waals surface area contributed by atoms with Crippen LogP contribution in [0, 0.1) is 0 Å². The monoisotopic (exact) mass is 337 g/mol. The summed E-state index contributed by atoms with van der Waals surface area (Å²) in [6, 6.07) is 0. The van der Waals surface area contributed by atoms with Crippen LogP contribution in [0.5, 0.6) is 0 Å². The molecule has 0 aliphatic carbocycles. The summed E-state index contributed by atoms with van der Waals surface area (Å²) < 4.78 is 0. The van der Waals surface area contributed by atoms with Crippen LogP contribution < -0.4 is 0 Å². The van der Waals surface area contributed by atoms with Gasteiger partial charge in [0.15, 0.2) is 17.4 Å². The second kappa shape index (κ2) is 18.7. The summed E-state index contributed by atoms with van der Waals surface area (Å²) >= 11 is 0. The topological polar surface area (TPSA) is 0 Å². The van der Waals surface area contributed by atoms with Gasteiger partial charge < -0.3 is 0 Å². The van der Waals surface area contributed by atoms with Gasteiger partial charge in [0.2, 0.25) is 0 Å². The fourth-order valence-corrected chi connectivity index (χ4v) is 0. The quantitative estimate of drug-likeness (QED) is 0.401. The van der Waals surface area contributed by atoms with Gasteiger partial charge in [0.25, 0.3) is 0 Å².